The van der Waals surface area contributed by atoms with E-state index in [1.807, 2.05) is 18.4 Å². The van der Waals surface area contributed by atoms with Gasteiger partial charge < -0.3 is 9.64 Å². The van der Waals surface area contributed by atoms with Crippen LogP contribution in [0.4, 0.5) is 10.1 Å². The summed E-state index contributed by atoms with van der Waals surface area (Å²) in [4.78, 5) is 2.07. The highest BCUT2D eigenvalue weighted by molar-refractivity contribution is 7.03. The van der Waals surface area contributed by atoms with E-state index in [4.69, 9.17) is 4.74 Å². The Hall–Kier alpha value is -1.69. The fraction of sp³-hybridized carbons (Fsp3) is 0.333. The quantitative estimate of drug-likeness (QED) is 0.836. The fourth-order valence-corrected chi connectivity index (χ4v) is 2.55. The molecule has 0 aliphatic carbocycles. The predicted octanol–water partition coefficient (Wildman–Crippen LogP) is 2.46. The molecule has 18 heavy (non-hydrogen) atoms. The number of fused-ring (bicyclic) bond motifs is 1. The molecule has 3 rings (SSSR count). The third-order valence-electron chi connectivity index (χ3n) is 2.84. The van der Waals surface area contributed by atoms with Gasteiger partial charge in [0.25, 0.3) is 0 Å². The van der Waals surface area contributed by atoms with Crippen LogP contribution in [-0.2, 0) is 6.54 Å². The first-order valence-corrected chi connectivity index (χ1v) is 6.54. The van der Waals surface area contributed by atoms with Crippen molar-refractivity contribution in [1.82, 2.24) is 9.59 Å². The third kappa shape index (κ3) is 2.03. The second-order valence-electron chi connectivity index (χ2n) is 4.29. The van der Waals surface area contributed by atoms with Crippen LogP contribution in [0.1, 0.15) is 12.6 Å². The highest BCUT2D eigenvalue weighted by atomic mass is 32.1. The van der Waals surface area contributed by atoms with E-state index >= 15 is 0 Å². The molecule has 0 spiro atoms. The Morgan fingerprint density at radius 2 is 2.44 bits per heavy atom. The summed E-state index contributed by atoms with van der Waals surface area (Å²) in [6, 6.07) is 4.98. The molecule has 1 atom stereocenters. The topological polar surface area (TPSA) is 38.2 Å². The molecular weight excluding hydrogens is 253 g/mol. The molecule has 0 bridgehead atoms. The molecule has 1 aromatic carbocycles. The van der Waals surface area contributed by atoms with Gasteiger partial charge in [-0.15, -0.1) is 5.10 Å². The van der Waals surface area contributed by atoms with Crippen molar-refractivity contribution in [3.05, 3.63) is 35.1 Å². The lowest BCUT2D eigenvalue weighted by atomic mass is 10.2. The normalized spacial score (nSPS) is 18.3. The minimum atomic E-state index is -0.319. The summed E-state index contributed by atoms with van der Waals surface area (Å²) in [6.45, 7) is 3.27. The second kappa shape index (κ2) is 4.53. The minimum Gasteiger partial charge on any atom is -0.484 e. The van der Waals surface area contributed by atoms with E-state index in [-0.39, 0.29) is 11.9 Å². The lowest BCUT2D eigenvalue weighted by Gasteiger charge is -2.34. The van der Waals surface area contributed by atoms with Crippen molar-refractivity contribution in [3.8, 4) is 5.75 Å². The highest BCUT2D eigenvalue weighted by Crippen LogP contribution is 2.36. The minimum absolute atomic E-state index is 0.0407. The van der Waals surface area contributed by atoms with Gasteiger partial charge in [0.2, 0.25) is 0 Å². The van der Waals surface area contributed by atoms with Gasteiger partial charge in [0.1, 0.15) is 6.10 Å². The first kappa shape index (κ1) is 11.4. The summed E-state index contributed by atoms with van der Waals surface area (Å²) in [6.07, 6.45) is -0.0407. The standard InChI is InChI=1S/C12H12FN3OS/c1-8-5-16(6-9-7-18-15-14-9)11-4-2-3-10(13)12(11)17-8/h2-4,7-8H,5-6H2,1H3. The summed E-state index contributed by atoms with van der Waals surface area (Å²) in [5, 5.41) is 5.92. The maximum Gasteiger partial charge on any atom is 0.178 e. The number of para-hydroxylation sites is 1. The number of hydrogen-bond acceptors (Lipinski definition) is 5. The van der Waals surface area contributed by atoms with E-state index in [1.54, 1.807) is 6.07 Å². The van der Waals surface area contributed by atoms with Gasteiger partial charge in [-0.3, -0.25) is 0 Å². The SMILES string of the molecule is CC1CN(Cc2csnn2)c2cccc(F)c2O1. The van der Waals surface area contributed by atoms with E-state index < -0.39 is 0 Å². The molecule has 1 unspecified atom stereocenters. The van der Waals surface area contributed by atoms with Crippen LogP contribution in [0.3, 0.4) is 0 Å². The molecule has 0 saturated carbocycles. The van der Waals surface area contributed by atoms with Crippen LogP contribution in [0.15, 0.2) is 23.6 Å². The van der Waals surface area contributed by atoms with Crippen molar-refractivity contribution in [2.45, 2.75) is 19.6 Å². The molecule has 0 N–H and O–H groups in total. The highest BCUT2D eigenvalue weighted by Gasteiger charge is 2.25. The van der Waals surface area contributed by atoms with Crippen molar-refractivity contribution in [2.75, 3.05) is 11.4 Å². The molecule has 2 aromatic rings. The van der Waals surface area contributed by atoms with Gasteiger partial charge in [0.05, 0.1) is 24.5 Å². The molecule has 1 aliphatic heterocycles. The predicted molar refractivity (Wildman–Crippen MR) is 67.4 cm³/mol. The van der Waals surface area contributed by atoms with E-state index in [9.17, 15) is 4.39 Å². The van der Waals surface area contributed by atoms with Crippen LogP contribution in [0, 0.1) is 5.82 Å². The first-order valence-electron chi connectivity index (χ1n) is 5.70. The van der Waals surface area contributed by atoms with E-state index in [0.29, 0.717) is 18.8 Å². The summed E-state index contributed by atoms with van der Waals surface area (Å²) in [5.41, 5.74) is 1.67. The molecule has 0 saturated heterocycles. The average Bonchev–Trinajstić information content (AvgIpc) is 2.83. The van der Waals surface area contributed by atoms with Crippen molar-refractivity contribution in [3.63, 3.8) is 0 Å². The van der Waals surface area contributed by atoms with Crippen LogP contribution >= 0.6 is 11.5 Å². The van der Waals surface area contributed by atoms with Crippen molar-refractivity contribution < 1.29 is 9.13 Å². The number of aromatic nitrogens is 2. The molecule has 1 aromatic heterocycles. The van der Waals surface area contributed by atoms with Crippen LogP contribution < -0.4 is 9.64 Å². The molecule has 94 valence electrons. The van der Waals surface area contributed by atoms with E-state index in [2.05, 4.69) is 14.5 Å². The maximum absolute atomic E-state index is 13.7. The number of halogens is 1. The van der Waals surface area contributed by atoms with Crippen LogP contribution in [0.5, 0.6) is 5.75 Å². The smallest absolute Gasteiger partial charge is 0.178 e. The number of nitrogens with zero attached hydrogens (tertiary/aromatic N) is 3. The molecule has 0 amide bonds. The Balaban J connectivity index is 1.94. The monoisotopic (exact) mass is 265 g/mol. The molecular formula is C12H12FN3OS. The van der Waals surface area contributed by atoms with Crippen LogP contribution in [-0.4, -0.2) is 22.2 Å². The Morgan fingerprint density at radius 1 is 1.56 bits per heavy atom. The second-order valence-corrected chi connectivity index (χ2v) is 4.90. The van der Waals surface area contributed by atoms with Crippen molar-refractivity contribution >= 4 is 17.2 Å². The lowest BCUT2D eigenvalue weighted by Crippen LogP contribution is -2.38. The average molecular weight is 265 g/mol. The largest absolute Gasteiger partial charge is 0.484 e. The van der Waals surface area contributed by atoms with Crippen molar-refractivity contribution in [1.29, 1.82) is 0 Å². The van der Waals surface area contributed by atoms with E-state index in [1.165, 1.54) is 17.6 Å². The summed E-state index contributed by atoms with van der Waals surface area (Å²) in [7, 11) is 0. The van der Waals surface area contributed by atoms with E-state index in [0.717, 1.165) is 11.4 Å². The number of rotatable bonds is 2. The summed E-state index contributed by atoms with van der Waals surface area (Å²) >= 11 is 1.32. The van der Waals surface area contributed by atoms with Gasteiger partial charge in [-0.1, -0.05) is 10.6 Å². The molecule has 4 nitrogen and oxygen atoms in total. The fourth-order valence-electron chi connectivity index (χ4n) is 2.11. The molecule has 2 heterocycles. The molecule has 0 fully saturated rings. The Bertz CT molecular complexity index is 546. The van der Waals surface area contributed by atoms with Crippen LogP contribution in [0.25, 0.3) is 0 Å². The van der Waals surface area contributed by atoms with Gasteiger partial charge in [0.15, 0.2) is 11.6 Å². The lowest BCUT2D eigenvalue weighted by molar-refractivity contribution is 0.202. The zero-order valence-electron chi connectivity index (χ0n) is 9.84. The maximum atomic E-state index is 13.7. The number of anilines is 1. The Morgan fingerprint density at radius 3 is 3.22 bits per heavy atom. The molecule has 6 heteroatoms. The van der Waals surface area contributed by atoms with Gasteiger partial charge in [-0.25, -0.2) is 4.39 Å². The Labute approximate surface area is 108 Å². The number of hydrogen-bond donors (Lipinski definition) is 0. The zero-order valence-corrected chi connectivity index (χ0v) is 10.7. The Kier molecular flexibility index (Phi) is 2.87. The third-order valence-corrected chi connectivity index (χ3v) is 3.39. The van der Waals surface area contributed by atoms with Gasteiger partial charge in [0, 0.05) is 5.38 Å². The van der Waals surface area contributed by atoms with Gasteiger partial charge in [-0.05, 0) is 30.6 Å². The number of benzene rings is 1. The van der Waals surface area contributed by atoms with Crippen LogP contribution in [0.2, 0.25) is 0 Å². The summed E-state index contributed by atoms with van der Waals surface area (Å²) < 4.78 is 23.1. The molecule has 0 radical (unpaired) electrons. The van der Waals surface area contributed by atoms with Crippen molar-refractivity contribution in [2.24, 2.45) is 0 Å². The first-order chi connectivity index (χ1) is 8.74. The number of ether oxygens (including phenoxy) is 1. The van der Waals surface area contributed by atoms with Gasteiger partial charge >= 0.3 is 0 Å². The van der Waals surface area contributed by atoms with Gasteiger partial charge in [-0.2, -0.15) is 0 Å². The summed E-state index contributed by atoms with van der Waals surface area (Å²) in [5.74, 6) is 0.0138. The molecule has 1 aliphatic rings. The zero-order chi connectivity index (χ0) is 12.5.